The van der Waals surface area contributed by atoms with E-state index in [-0.39, 0.29) is 5.69 Å². The Bertz CT molecular complexity index is 421. The molecular formula is C10H14N2O3S. The molecule has 1 unspecified atom stereocenters. The van der Waals surface area contributed by atoms with Gasteiger partial charge in [0.25, 0.3) is 5.69 Å². The number of hydrogen-bond acceptors (Lipinski definition) is 4. The maximum absolute atomic E-state index is 10.8. The fraction of sp³-hybridized carbons (Fsp3) is 0.400. The van der Waals surface area contributed by atoms with Gasteiger partial charge in [0.1, 0.15) is 0 Å². The molecule has 6 heteroatoms. The van der Waals surface area contributed by atoms with Gasteiger partial charge in [0.05, 0.1) is 4.92 Å². The summed E-state index contributed by atoms with van der Waals surface area (Å²) < 4.78 is 10.8. The minimum atomic E-state index is -0.828. The van der Waals surface area contributed by atoms with Crippen LogP contribution in [-0.2, 0) is 10.8 Å². The number of nitrogens with one attached hydrogen (secondary N) is 1. The van der Waals surface area contributed by atoms with Gasteiger partial charge in [-0.1, -0.05) is 0 Å². The van der Waals surface area contributed by atoms with Crippen molar-refractivity contribution in [2.75, 3.05) is 23.9 Å². The molecule has 0 aliphatic carbocycles. The van der Waals surface area contributed by atoms with Crippen molar-refractivity contribution in [1.29, 1.82) is 0 Å². The van der Waals surface area contributed by atoms with E-state index in [4.69, 9.17) is 0 Å². The molecule has 0 saturated carbocycles. The smallest absolute Gasteiger partial charge is 0.269 e. The number of non-ortho nitro benzene ring substituents is 1. The van der Waals surface area contributed by atoms with Gasteiger partial charge in [0.15, 0.2) is 0 Å². The van der Waals surface area contributed by atoms with Gasteiger partial charge < -0.3 is 5.32 Å². The second kappa shape index (κ2) is 5.60. The van der Waals surface area contributed by atoms with Crippen molar-refractivity contribution in [3.05, 3.63) is 33.9 Å². The van der Waals surface area contributed by atoms with Gasteiger partial charge in [0.2, 0.25) is 0 Å². The third kappa shape index (κ3) is 3.62. The van der Waals surface area contributed by atoms with Gasteiger partial charge in [-0.05, 0) is 18.6 Å². The second-order valence-corrected chi connectivity index (χ2v) is 5.02. The number of anilines is 1. The predicted octanol–water partition coefficient (Wildman–Crippen LogP) is 1.69. The molecule has 0 aromatic heterocycles. The minimum absolute atomic E-state index is 0.0853. The number of nitro groups is 1. The lowest BCUT2D eigenvalue weighted by molar-refractivity contribution is -0.384. The van der Waals surface area contributed by atoms with Gasteiger partial charge in [-0.2, -0.15) is 0 Å². The van der Waals surface area contributed by atoms with Crippen LogP contribution >= 0.6 is 0 Å². The van der Waals surface area contributed by atoms with E-state index < -0.39 is 15.7 Å². The summed E-state index contributed by atoms with van der Waals surface area (Å²) >= 11 is 0. The lowest BCUT2D eigenvalue weighted by Crippen LogP contribution is -2.10. The topological polar surface area (TPSA) is 72.2 Å². The normalized spacial score (nSPS) is 12.1. The van der Waals surface area contributed by atoms with Gasteiger partial charge in [0, 0.05) is 47.2 Å². The molecule has 0 spiro atoms. The molecule has 0 aliphatic rings. The first kappa shape index (κ1) is 12.6. The molecular weight excluding hydrogens is 228 g/mol. The Kier molecular flexibility index (Phi) is 4.42. The van der Waals surface area contributed by atoms with E-state index in [0.717, 1.165) is 11.3 Å². The van der Waals surface area contributed by atoms with Crippen molar-refractivity contribution in [3.63, 3.8) is 0 Å². The second-order valence-electron chi connectivity index (χ2n) is 3.46. The van der Waals surface area contributed by atoms with Gasteiger partial charge in [-0.15, -0.1) is 0 Å². The highest BCUT2D eigenvalue weighted by molar-refractivity contribution is 7.84. The number of hydrogen-bond donors (Lipinski definition) is 1. The molecule has 88 valence electrons. The van der Waals surface area contributed by atoms with Crippen LogP contribution in [-0.4, -0.2) is 27.7 Å². The predicted molar refractivity (Wildman–Crippen MR) is 65.3 cm³/mol. The number of benzene rings is 1. The molecule has 1 atom stereocenters. The maximum Gasteiger partial charge on any atom is 0.269 e. The zero-order chi connectivity index (χ0) is 12.1. The van der Waals surface area contributed by atoms with E-state index in [2.05, 4.69) is 5.32 Å². The number of aryl methyl sites for hydroxylation is 1. The van der Waals surface area contributed by atoms with Crippen LogP contribution in [0.25, 0.3) is 0 Å². The van der Waals surface area contributed by atoms with E-state index in [1.165, 1.54) is 12.1 Å². The molecule has 0 saturated heterocycles. The quantitative estimate of drug-likeness (QED) is 0.630. The molecule has 0 radical (unpaired) electrons. The standard InChI is InChI=1S/C10H14N2O3S/c1-8-7-9(12(13)14)3-4-10(8)11-5-6-16(2)15/h3-4,7,11H,5-6H2,1-2H3. The Morgan fingerprint density at radius 1 is 1.50 bits per heavy atom. The van der Waals surface area contributed by atoms with E-state index in [1.807, 2.05) is 0 Å². The Morgan fingerprint density at radius 2 is 2.19 bits per heavy atom. The van der Waals surface area contributed by atoms with Crippen LogP contribution in [0.15, 0.2) is 18.2 Å². The van der Waals surface area contributed by atoms with Gasteiger partial charge >= 0.3 is 0 Å². The minimum Gasteiger partial charge on any atom is -0.384 e. The first-order valence-electron chi connectivity index (χ1n) is 4.79. The van der Waals surface area contributed by atoms with Crippen LogP contribution in [0, 0.1) is 17.0 Å². The Balaban J connectivity index is 2.68. The lowest BCUT2D eigenvalue weighted by Gasteiger charge is -2.08. The van der Waals surface area contributed by atoms with Crippen molar-refractivity contribution >= 4 is 22.2 Å². The summed E-state index contributed by atoms with van der Waals surface area (Å²) in [6.07, 6.45) is 1.64. The Hall–Kier alpha value is -1.43. The first-order valence-corrected chi connectivity index (χ1v) is 6.52. The zero-order valence-electron chi connectivity index (χ0n) is 9.23. The highest BCUT2D eigenvalue weighted by Gasteiger charge is 2.07. The van der Waals surface area contributed by atoms with Crippen molar-refractivity contribution in [1.82, 2.24) is 0 Å². The SMILES string of the molecule is Cc1cc([N+](=O)[O-])ccc1NCCS(C)=O. The third-order valence-electron chi connectivity index (χ3n) is 2.13. The van der Waals surface area contributed by atoms with Crippen molar-refractivity contribution in [2.45, 2.75) is 6.92 Å². The fourth-order valence-corrected chi connectivity index (χ4v) is 1.68. The van der Waals surface area contributed by atoms with Crippen LogP contribution in [0.2, 0.25) is 0 Å². The summed E-state index contributed by atoms with van der Waals surface area (Å²) in [4.78, 5) is 10.1. The summed E-state index contributed by atoms with van der Waals surface area (Å²) in [5.41, 5.74) is 1.74. The molecule has 0 amide bonds. The molecule has 0 heterocycles. The zero-order valence-corrected chi connectivity index (χ0v) is 10.0. The van der Waals surface area contributed by atoms with Crippen LogP contribution < -0.4 is 5.32 Å². The van der Waals surface area contributed by atoms with Crippen LogP contribution in [0.1, 0.15) is 5.56 Å². The summed E-state index contributed by atoms with van der Waals surface area (Å²) in [5.74, 6) is 0.566. The summed E-state index contributed by atoms with van der Waals surface area (Å²) in [5, 5.41) is 13.6. The average molecular weight is 242 g/mol. The highest BCUT2D eigenvalue weighted by Crippen LogP contribution is 2.20. The van der Waals surface area contributed by atoms with E-state index in [0.29, 0.717) is 12.3 Å². The molecule has 1 aromatic carbocycles. The number of nitro benzene ring substituents is 1. The van der Waals surface area contributed by atoms with Crippen molar-refractivity contribution < 1.29 is 9.13 Å². The third-order valence-corrected chi connectivity index (χ3v) is 2.90. The summed E-state index contributed by atoms with van der Waals surface area (Å²) in [6, 6.07) is 4.65. The molecule has 0 fully saturated rings. The van der Waals surface area contributed by atoms with Crippen LogP contribution in [0.4, 0.5) is 11.4 Å². The highest BCUT2D eigenvalue weighted by atomic mass is 32.2. The molecule has 0 bridgehead atoms. The number of rotatable bonds is 5. The summed E-state index contributed by atoms with van der Waals surface area (Å²) in [7, 11) is -0.828. The molecule has 1 rings (SSSR count). The molecule has 16 heavy (non-hydrogen) atoms. The Morgan fingerprint density at radius 3 is 2.69 bits per heavy atom. The van der Waals surface area contributed by atoms with Gasteiger partial charge in [-0.25, -0.2) is 0 Å². The average Bonchev–Trinajstić information content (AvgIpc) is 2.19. The van der Waals surface area contributed by atoms with Crippen LogP contribution in [0.5, 0.6) is 0 Å². The molecule has 1 N–H and O–H groups in total. The van der Waals surface area contributed by atoms with Crippen molar-refractivity contribution in [2.24, 2.45) is 0 Å². The molecule has 1 aromatic rings. The van der Waals surface area contributed by atoms with Crippen LogP contribution in [0.3, 0.4) is 0 Å². The van der Waals surface area contributed by atoms with E-state index >= 15 is 0 Å². The monoisotopic (exact) mass is 242 g/mol. The number of nitrogens with zero attached hydrogens (tertiary/aromatic N) is 1. The molecule has 0 aliphatic heterocycles. The molecule has 5 nitrogen and oxygen atoms in total. The fourth-order valence-electron chi connectivity index (χ4n) is 1.29. The lowest BCUT2D eigenvalue weighted by atomic mass is 10.2. The first-order chi connectivity index (χ1) is 7.50. The van der Waals surface area contributed by atoms with E-state index in [9.17, 15) is 14.3 Å². The summed E-state index contributed by atoms with van der Waals surface area (Å²) in [6.45, 7) is 2.40. The largest absolute Gasteiger partial charge is 0.384 e. The van der Waals surface area contributed by atoms with E-state index in [1.54, 1.807) is 19.2 Å². The Labute approximate surface area is 96.5 Å². The van der Waals surface area contributed by atoms with Gasteiger partial charge in [-0.3, -0.25) is 14.3 Å². The maximum atomic E-state index is 10.8. The van der Waals surface area contributed by atoms with Crippen molar-refractivity contribution in [3.8, 4) is 0 Å².